The summed E-state index contributed by atoms with van der Waals surface area (Å²) in [6, 6.07) is 0.817. The first kappa shape index (κ1) is 7.42. The van der Waals surface area contributed by atoms with Gasteiger partial charge in [-0.25, -0.2) is 0 Å². The molecule has 1 aliphatic rings. The van der Waals surface area contributed by atoms with Gasteiger partial charge in [-0.05, 0) is 12.8 Å². The molecule has 0 spiro atoms. The molecule has 0 aromatic carbocycles. The average Bonchev–Trinajstić information content (AvgIpc) is 2.34. The highest BCUT2D eigenvalue weighted by Gasteiger charge is 2.12. The van der Waals surface area contributed by atoms with E-state index in [0.29, 0.717) is 0 Å². The van der Waals surface area contributed by atoms with E-state index in [1.54, 1.807) is 0 Å². The van der Waals surface area contributed by atoms with Crippen LogP contribution in [0.2, 0.25) is 0 Å². The van der Waals surface area contributed by atoms with Crippen LogP contribution in [0.25, 0.3) is 0 Å². The van der Waals surface area contributed by atoms with Gasteiger partial charge in [-0.15, -0.1) is 0 Å². The first-order chi connectivity index (χ1) is 4.43. The number of nitrogens with one attached hydrogen (secondary N) is 1. The van der Waals surface area contributed by atoms with Crippen molar-refractivity contribution in [2.75, 3.05) is 12.3 Å². The summed E-state index contributed by atoms with van der Waals surface area (Å²) in [5, 5.41) is 3.45. The van der Waals surface area contributed by atoms with Gasteiger partial charge in [0.15, 0.2) is 0 Å². The predicted molar refractivity (Wildman–Crippen MR) is 44.1 cm³/mol. The molecule has 9 heavy (non-hydrogen) atoms. The number of hydrogen-bond donors (Lipinski definition) is 2. The van der Waals surface area contributed by atoms with Crippen LogP contribution in [0.3, 0.4) is 0 Å². The van der Waals surface area contributed by atoms with Crippen LogP contribution >= 0.6 is 12.6 Å². The molecule has 0 radical (unpaired) electrons. The second-order valence-corrected chi connectivity index (χ2v) is 3.11. The number of thiol groups is 1. The van der Waals surface area contributed by atoms with E-state index in [4.69, 9.17) is 0 Å². The van der Waals surface area contributed by atoms with Crippen LogP contribution in [-0.2, 0) is 0 Å². The maximum Gasteiger partial charge on any atom is 0.00673 e. The second-order valence-electron chi connectivity index (χ2n) is 2.66. The highest BCUT2D eigenvalue weighted by atomic mass is 32.1. The summed E-state index contributed by atoms with van der Waals surface area (Å²) in [4.78, 5) is 0. The summed E-state index contributed by atoms with van der Waals surface area (Å²) >= 11 is 4.13. The smallest absolute Gasteiger partial charge is 0.00673 e. The normalized spacial score (nSPS) is 21.0. The van der Waals surface area contributed by atoms with E-state index < -0.39 is 0 Å². The Kier molecular flexibility index (Phi) is 3.44. The molecule has 0 saturated heterocycles. The van der Waals surface area contributed by atoms with Gasteiger partial charge in [-0.3, -0.25) is 0 Å². The Hall–Kier alpha value is 0.310. The average molecular weight is 145 g/mol. The van der Waals surface area contributed by atoms with Crippen LogP contribution in [-0.4, -0.2) is 18.3 Å². The third kappa shape index (κ3) is 2.59. The molecule has 1 N–H and O–H groups in total. The number of hydrogen-bond acceptors (Lipinski definition) is 2. The topological polar surface area (TPSA) is 12.0 Å². The van der Waals surface area contributed by atoms with Crippen molar-refractivity contribution in [3.05, 3.63) is 0 Å². The fourth-order valence-electron chi connectivity index (χ4n) is 1.40. The fourth-order valence-corrected chi connectivity index (χ4v) is 1.53. The molecular formula is C7H15NS. The molecule has 0 amide bonds. The Morgan fingerprint density at radius 2 is 2.00 bits per heavy atom. The van der Waals surface area contributed by atoms with Crippen LogP contribution < -0.4 is 5.32 Å². The standard InChI is InChI=1S/C7H15NS/c9-6-5-8-7-3-1-2-4-7/h7-9H,1-6H2. The van der Waals surface area contributed by atoms with Crippen LogP contribution in [0.1, 0.15) is 25.7 Å². The quantitative estimate of drug-likeness (QED) is 0.573. The molecule has 0 unspecified atom stereocenters. The van der Waals surface area contributed by atoms with Crippen molar-refractivity contribution in [1.82, 2.24) is 5.32 Å². The Morgan fingerprint density at radius 3 is 2.56 bits per heavy atom. The second kappa shape index (κ2) is 4.18. The highest BCUT2D eigenvalue weighted by Crippen LogP contribution is 2.17. The Bertz CT molecular complexity index is 69.3. The van der Waals surface area contributed by atoms with Gasteiger partial charge in [0, 0.05) is 18.3 Å². The minimum atomic E-state index is 0.817. The molecular weight excluding hydrogens is 130 g/mol. The molecule has 0 aromatic heterocycles. The van der Waals surface area contributed by atoms with Crippen molar-refractivity contribution in [2.45, 2.75) is 31.7 Å². The van der Waals surface area contributed by atoms with Crippen LogP contribution in [0.5, 0.6) is 0 Å². The molecule has 0 aliphatic heterocycles. The molecule has 1 fully saturated rings. The summed E-state index contributed by atoms with van der Waals surface area (Å²) in [7, 11) is 0. The molecule has 2 heteroatoms. The minimum absolute atomic E-state index is 0.817. The summed E-state index contributed by atoms with van der Waals surface area (Å²) in [5.74, 6) is 0.969. The lowest BCUT2D eigenvalue weighted by Gasteiger charge is -2.08. The Balaban J connectivity index is 1.98. The first-order valence-corrected chi connectivity index (χ1v) is 4.41. The highest BCUT2D eigenvalue weighted by molar-refractivity contribution is 7.80. The Labute approximate surface area is 62.6 Å². The lowest BCUT2D eigenvalue weighted by atomic mass is 10.2. The van der Waals surface area contributed by atoms with E-state index in [2.05, 4.69) is 17.9 Å². The van der Waals surface area contributed by atoms with Gasteiger partial charge in [0.1, 0.15) is 0 Å². The zero-order valence-electron chi connectivity index (χ0n) is 5.77. The van der Waals surface area contributed by atoms with Crippen molar-refractivity contribution in [3.8, 4) is 0 Å². The van der Waals surface area contributed by atoms with Gasteiger partial charge in [-0.1, -0.05) is 12.8 Å². The third-order valence-electron chi connectivity index (χ3n) is 1.90. The maximum atomic E-state index is 4.13. The summed E-state index contributed by atoms with van der Waals surface area (Å²) in [6.07, 6.45) is 5.61. The molecule has 1 nitrogen and oxygen atoms in total. The predicted octanol–water partition coefficient (Wildman–Crippen LogP) is 1.45. The Morgan fingerprint density at radius 1 is 1.33 bits per heavy atom. The molecule has 1 rings (SSSR count). The monoisotopic (exact) mass is 145 g/mol. The summed E-state index contributed by atoms with van der Waals surface area (Å²) < 4.78 is 0. The van der Waals surface area contributed by atoms with Gasteiger partial charge < -0.3 is 5.32 Å². The summed E-state index contributed by atoms with van der Waals surface area (Å²) in [6.45, 7) is 1.08. The van der Waals surface area contributed by atoms with Crippen molar-refractivity contribution >= 4 is 12.6 Å². The van der Waals surface area contributed by atoms with Gasteiger partial charge >= 0.3 is 0 Å². The summed E-state index contributed by atoms with van der Waals surface area (Å²) in [5.41, 5.74) is 0. The number of rotatable bonds is 3. The van der Waals surface area contributed by atoms with E-state index >= 15 is 0 Å². The van der Waals surface area contributed by atoms with Gasteiger partial charge in [-0.2, -0.15) is 12.6 Å². The first-order valence-electron chi connectivity index (χ1n) is 3.77. The third-order valence-corrected chi connectivity index (χ3v) is 2.12. The SMILES string of the molecule is SCCNC1CCCC1. The van der Waals surface area contributed by atoms with Crippen molar-refractivity contribution in [2.24, 2.45) is 0 Å². The fraction of sp³-hybridized carbons (Fsp3) is 1.00. The molecule has 1 saturated carbocycles. The molecule has 0 aromatic rings. The van der Waals surface area contributed by atoms with Gasteiger partial charge in [0.05, 0.1) is 0 Å². The lowest BCUT2D eigenvalue weighted by molar-refractivity contribution is 0.545. The van der Waals surface area contributed by atoms with Crippen LogP contribution in [0, 0.1) is 0 Å². The van der Waals surface area contributed by atoms with Gasteiger partial charge in [0.25, 0.3) is 0 Å². The van der Waals surface area contributed by atoms with Crippen molar-refractivity contribution in [1.29, 1.82) is 0 Å². The van der Waals surface area contributed by atoms with Crippen molar-refractivity contribution < 1.29 is 0 Å². The van der Waals surface area contributed by atoms with E-state index in [9.17, 15) is 0 Å². The van der Waals surface area contributed by atoms with Crippen LogP contribution in [0.4, 0.5) is 0 Å². The molecule has 0 bridgehead atoms. The minimum Gasteiger partial charge on any atom is -0.313 e. The zero-order valence-corrected chi connectivity index (χ0v) is 6.66. The van der Waals surface area contributed by atoms with Crippen LogP contribution in [0.15, 0.2) is 0 Å². The van der Waals surface area contributed by atoms with E-state index in [1.165, 1.54) is 25.7 Å². The van der Waals surface area contributed by atoms with Crippen molar-refractivity contribution in [3.63, 3.8) is 0 Å². The molecule has 0 heterocycles. The van der Waals surface area contributed by atoms with E-state index in [-0.39, 0.29) is 0 Å². The largest absolute Gasteiger partial charge is 0.313 e. The van der Waals surface area contributed by atoms with E-state index in [1.807, 2.05) is 0 Å². The zero-order chi connectivity index (χ0) is 6.53. The maximum absolute atomic E-state index is 4.13. The van der Waals surface area contributed by atoms with Gasteiger partial charge in [0.2, 0.25) is 0 Å². The van der Waals surface area contributed by atoms with E-state index in [0.717, 1.165) is 18.3 Å². The molecule has 0 atom stereocenters. The molecule has 54 valence electrons. The molecule has 1 aliphatic carbocycles. The lowest BCUT2D eigenvalue weighted by Crippen LogP contribution is -2.27.